The highest BCUT2D eigenvalue weighted by Gasteiger charge is 2.55. The van der Waals surface area contributed by atoms with Gasteiger partial charge in [0.05, 0.1) is 17.2 Å². The van der Waals surface area contributed by atoms with Crippen molar-refractivity contribution in [3.8, 4) is 0 Å². The molecule has 0 radical (unpaired) electrons. The van der Waals surface area contributed by atoms with Crippen LogP contribution < -0.4 is 5.32 Å². The maximum absolute atomic E-state index is 13.0. The first-order chi connectivity index (χ1) is 13.0. The highest BCUT2D eigenvalue weighted by atomic mass is 16.2. The zero-order valence-corrected chi connectivity index (χ0v) is 16.3. The Kier molecular flexibility index (Phi) is 3.51. The average Bonchev–Trinajstić information content (AvgIpc) is 2.59. The number of amides is 2. The minimum Gasteiger partial charge on any atom is -0.316 e. The second kappa shape index (κ2) is 5.67. The van der Waals surface area contributed by atoms with E-state index in [-0.39, 0.29) is 22.6 Å². The van der Waals surface area contributed by atoms with Crippen LogP contribution in [0.5, 0.6) is 0 Å². The third-order valence-electron chi connectivity index (χ3n) is 9.39. The fourth-order valence-electron chi connectivity index (χ4n) is 9.20. The molecule has 146 valence electrons. The Labute approximate surface area is 162 Å². The molecule has 8 rings (SSSR count). The lowest BCUT2D eigenvalue weighted by atomic mass is 9.49. The Balaban J connectivity index is 1.13. The fraction of sp³-hybridized carbons (Fsp3) is 0.870. The number of aliphatic imine (C=N–C) groups is 1. The predicted molar refractivity (Wildman–Crippen MR) is 103 cm³/mol. The van der Waals surface area contributed by atoms with Gasteiger partial charge in [-0.1, -0.05) is 0 Å². The Hall–Kier alpha value is -1.19. The van der Waals surface area contributed by atoms with Crippen molar-refractivity contribution < 1.29 is 9.59 Å². The summed E-state index contributed by atoms with van der Waals surface area (Å²) in [5.74, 6) is 4.70. The first-order valence-corrected chi connectivity index (χ1v) is 11.4. The van der Waals surface area contributed by atoms with Crippen molar-refractivity contribution in [2.75, 3.05) is 0 Å². The van der Waals surface area contributed by atoms with Gasteiger partial charge < -0.3 is 5.32 Å². The van der Waals surface area contributed by atoms with Crippen molar-refractivity contribution in [2.24, 2.45) is 51.3 Å². The monoisotopic (exact) mass is 368 g/mol. The van der Waals surface area contributed by atoms with Gasteiger partial charge >= 0.3 is 0 Å². The summed E-state index contributed by atoms with van der Waals surface area (Å²) < 4.78 is 0. The molecule has 0 spiro atoms. The molecular weight excluding hydrogens is 336 g/mol. The maximum Gasteiger partial charge on any atom is 0.253 e. The van der Waals surface area contributed by atoms with Gasteiger partial charge in [0.15, 0.2) is 0 Å². The number of hydrogen-bond donors (Lipinski definition) is 1. The standard InChI is InChI=1S/C23H32N2O2/c26-20(22-7-14-1-15(8-22)3-16(2-14)9-22)24-13-25-21(27)23-10-17-4-18(11-23)6-19(5-17)12-23/h13-19H,1-12H2,(H,24,25,26,27). The summed E-state index contributed by atoms with van der Waals surface area (Å²) in [6, 6.07) is 0. The number of hydrogen-bond acceptors (Lipinski definition) is 2. The molecule has 8 saturated carbocycles. The topological polar surface area (TPSA) is 58.5 Å². The van der Waals surface area contributed by atoms with Crippen LogP contribution >= 0.6 is 0 Å². The van der Waals surface area contributed by atoms with Crippen molar-refractivity contribution in [3.63, 3.8) is 0 Å². The molecule has 4 nitrogen and oxygen atoms in total. The molecule has 0 aromatic rings. The molecule has 0 atom stereocenters. The van der Waals surface area contributed by atoms with E-state index < -0.39 is 0 Å². The zero-order chi connectivity index (χ0) is 18.2. The second-order valence-electron chi connectivity index (χ2n) is 11.4. The predicted octanol–water partition coefficient (Wildman–Crippen LogP) is 4.09. The molecule has 2 amide bonds. The third kappa shape index (κ3) is 2.57. The average molecular weight is 369 g/mol. The van der Waals surface area contributed by atoms with Crippen LogP contribution in [0.3, 0.4) is 0 Å². The molecule has 0 saturated heterocycles. The van der Waals surface area contributed by atoms with Crippen LogP contribution in [0, 0.1) is 46.3 Å². The minimum absolute atomic E-state index is 0.0485. The van der Waals surface area contributed by atoms with Gasteiger partial charge in [-0.2, -0.15) is 0 Å². The van der Waals surface area contributed by atoms with E-state index in [1.54, 1.807) is 0 Å². The normalized spacial score (nSPS) is 51.9. The van der Waals surface area contributed by atoms with Gasteiger partial charge in [0, 0.05) is 0 Å². The Morgan fingerprint density at radius 1 is 0.667 bits per heavy atom. The molecule has 8 fully saturated rings. The SMILES string of the molecule is O=C(N=CNC(=O)C12CC3CC(CC(C3)C1)C2)C12CC3CC(CC(C3)C1)C2. The first-order valence-electron chi connectivity index (χ1n) is 11.4. The van der Waals surface area contributed by atoms with Gasteiger partial charge in [-0.15, -0.1) is 0 Å². The highest BCUT2D eigenvalue weighted by molar-refractivity contribution is 5.97. The lowest BCUT2D eigenvalue weighted by molar-refractivity contribution is -0.144. The van der Waals surface area contributed by atoms with Crippen molar-refractivity contribution in [1.29, 1.82) is 0 Å². The molecule has 0 heterocycles. The second-order valence-corrected chi connectivity index (χ2v) is 11.4. The third-order valence-corrected chi connectivity index (χ3v) is 9.39. The molecule has 27 heavy (non-hydrogen) atoms. The summed E-state index contributed by atoms with van der Waals surface area (Å²) in [6.45, 7) is 0. The molecule has 4 heteroatoms. The van der Waals surface area contributed by atoms with Crippen LogP contribution in [0.1, 0.15) is 77.0 Å². The molecule has 0 aromatic carbocycles. The number of rotatable bonds is 3. The van der Waals surface area contributed by atoms with Crippen molar-refractivity contribution in [1.82, 2.24) is 5.32 Å². The Morgan fingerprint density at radius 2 is 1.04 bits per heavy atom. The van der Waals surface area contributed by atoms with Gasteiger partial charge in [-0.25, -0.2) is 4.99 Å². The highest BCUT2D eigenvalue weighted by Crippen LogP contribution is 2.61. The molecule has 0 aliphatic heterocycles. The van der Waals surface area contributed by atoms with Crippen molar-refractivity contribution >= 4 is 18.2 Å². The maximum atomic E-state index is 13.0. The van der Waals surface area contributed by atoms with Crippen LogP contribution in [-0.4, -0.2) is 18.2 Å². The molecule has 8 aliphatic rings. The quantitative estimate of drug-likeness (QED) is 0.602. The van der Waals surface area contributed by atoms with Gasteiger partial charge in [0.1, 0.15) is 0 Å². The fourth-order valence-corrected chi connectivity index (χ4v) is 9.20. The molecule has 0 unspecified atom stereocenters. The van der Waals surface area contributed by atoms with E-state index in [9.17, 15) is 9.59 Å². The summed E-state index contributed by atoms with van der Waals surface area (Å²) in [6.07, 6.45) is 15.8. The van der Waals surface area contributed by atoms with Crippen LogP contribution in [0.15, 0.2) is 4.99 Å². The summed E-state index contributed by atoms with van der Waals surface area (Å²) >= 11 is 0. The molecule has 8 aliphatic carbocycles. The number of nitrogens with one attached hydrogen (secondary N) is 1. The van der Waals surface area contributed by atoms with Gasteiger partial charge in [-0.3, -0.25) is 9.59 Å². The van der Waals surface area contributed by atoms with Crippen LogP contribution in [-0.2, 0) is 9.59 Å². The number of nitrogens with zero attached hydrogens (tertiary/aromatic N) is 1. The van der Waals surface area contributed by atoms with Gasteiger partial charge in [0.2, 0.25) is 5.91 Å². The van der Waals surface area contributed by atoms with Crippen LogP contribution in [0.4, 0.5) is 0 Å². The van der Waals surface area contributed by atoms with E-state index in [1.807, 2.05) is 0 Å². The van der Waals surface area contributed by atoms with Gasteiger partial charge in [0.25, 0.3) is 5.91 Å². The van der Waals surface area contributed by atoms with E-state index >= 15 is 0 Å². The van der Waals surface area contributed by atoms with E-state index in [1.165, 1.54) is 44.9 Å². The zero-order valence-electron chi connectivity index (χ0n) is 16.3. The summed E-state index contributed by atoms with van der Waals surface area (Å²) in [5.41, 5.74) is -0.360. The summed E-state index contributed by atoms with van der Waals surface area (Å²) in [4.78, 5) is 30.3. The van der Waals surface area contributed by atoms with Crippen molar-refractivity contribution in [2.45, 2.75) is 77.0 Å². The number of carbonyl (C=O) groups is 2. The van der Waals surface area contributed by atoms with Crippen LogP contribution in [0.25, 0.3) is 0 Å². The van der Waals surface area contributed by atoms with E-state index in [4.69, 9.17) is 0 Å². The number of carbonyl (C=O) groups excluding carboxylic acids is 2. The van der Waals surface area contributed by atoms with Crippen LogP contribution in [0.2, 0.25) is 0 Å². The summed E-state index contributed by atoms with van der Waals surface area (Å²) in [5, 5.41) is 2.95. The Morgan fingerprint density at radius 3 is 1.44 bits per heavy atom. The molecule has 8 bridgehead atoms. The first kappa shape index (κ1) is 16.7. The largest absolute Gasteiger partial charge is 0.316 e. The van der Waals surface area contributed by atoms with Crippen molar-refractivity contribution in [3.05, 3.63) is 0 Å². The lowest BCUT2D eigenvalue weighted by Crippen LogP contribution is -2.53. The minimum atomic E-state index is -0.198. The molecule has 0 aromatic heterocycles. The van der Waals surface area contributed by atoms with E-state index in [0.29, 0.717) is 0 Å². The summed E-state index contributed by atoms with van der Waals surface area (Å²) in [7, 11) is 0. The lowest BCUT2D eigenvalue weighted by Gasteiger charge is -2.55. The van der Waals surface area contributed by atoms with E-state index in [2.05, 4.69) is 10.3 Å². The molecule has 1 N–H and O–H groups in total. The smallest absolute Gasteiger partial charge is 0.253 e. The Bertz CT molecular complexity index is 639. The van der Waals surface area contributed by atoms with Gasteiger partial charge in [-0.05, 0) is 113 Å². The van der Waals surface area contributed by atoms with E-state index in [0.717, 1.165) is 74.0 Å². The molecular formula is C23H32N2O2.